The predicted molar refractivity (Wildman–Crippen MR) is 199 cm³/mol. The minimum Gasteiger partial charge on any atom is -0.504 e. The molecule has 4 aromatic carbocycles. The number of carbonyl (C=O) groups is 4. The Hall–Kier alpha value is -5.49. The summed E-state index contributed by atoms with van der Waals surface area (Å²) in [5.41, 5.74) is 1.37. The summed E-state index contributed by atoms with van der Waals surface area (Å²) in [5, 5.41) is 30.3. The van der Waals surface area contributed by atoms with Gasteiger partial charge in [0.15, 0.2) is 11.5 Å². The summed E-state index contributed by atoms with van der Waals surface area (Å²) < 4.78 is 5.35. The highest BCUT2D eigenvalue weighted by Crippen LogP contribution is 2.62. The molecule has 4 amide bonds. The molecule has 53 heavy (non-hydrogen) atoms. The number of ether oxygens (including phenoxy) is 1. The number of fused-ring (bicyclic) bond motifs is 4. The molecule has 0 bridgehead atoms. The van der Waals surface area contributed by atoms with Gasteiger partial charge in [0.1, 0.15) is 0 Å². The number of imide groups is 2. The Labute approximate surface area is 310 Å². The van der Waals surface area contributed by atoms with Gasteiger partial charge in [-0.15, -0.1) is 0 Å². The normalized spacial score (nSPS) is 26.4. The van der Waals surface area contributed by atoms with E-state index in [1.165, 1.54) is 30.2 Å². The van der Waals surface area contributed by atoms with Gasteiger partial charge in [0, 0.05) is 10.9 Å². The number of benzene rings is 4. The molecule has 2 aliphatic heterocycles. The third kappa shape index (κ3) is 5.33. The number of anilines is 2. The van der Waals surface area contributed by atoms with E-state index in [9.17, 15) is 29.5 Å². The molecule has 3 fully saturated rings. The smallest absolute Gasteiger partial charge is 0.488 e. The number of hydrogen-bond acceptors (Lipinski definition) is 8. The first-order chi connectivity index (χ1) is 25.6. The summed E-state index contributed by atoms with van der Waals surface area (Å²) in [5.74, 6) is -5.26. The Morgan fingerprint density at radius 1 is 0.830 bits per heavy atom. The van der Waals surface area contributed by atoms with Crippen LogP contribution in [0.2, 0.25) is 5.02 Å². The lowest BCUT2D eigenvalue weighted by molar-refractivity contribution is -0.128. The molecule has 4 aliphatic rings. The predicted octanol–water partition coefficient (Wildman–Crippen LogP) is 4.65. The summed E-state index contributed by atoms with van der Waals surface area (Å²) in [6.45, 7) is 0. The van der Waals surface area contributed by atoms with Gasteiger partial charge in [-0.1, -0.05) is 90.0 Å². The lowest BCUT2D eigenvalue weighted by Gasteiger charge is -2.49. The van der Waals surface area contributed by atoms with Crippen molar-refractivity contribution in [1.82, 2.24) is 0 Å². The van der Waals surface area contributed by atoms with Crippen LogP contribution in [-0.4, -0.2) is 53.0 Å². The maximum absolute atomic E-state index is 15.3. The number of rotatable bonds is 7. The largest absolute Gasteiger partial charge is 0.504 e. The first-order valence-corrected chi connectivity index (χ1v) is 17.7. The van der Waals surface area contributed by atoms with Gasteiger partial charge in [-0.25, -0.2) is 4.90 Å². The molecular weight excluding hydrogens is 695 g/mol. The van der Waals surface area contributed by atoms with Crippen molar-refractivity contribution in [3.8, 4) is 11.5 Å². The number of phenols is 1. The second-order valence-corrected chi connectivity index (χ2v) is 14.3. The van der Waals surface area contributed by atoms with Gasteiger partial charge in [0.2, 0.25) is 23.6 Å². The number of allylic oxidation sites excluding steroid dienone is 3. The van der Waals surface area contributed by atoms with Crippen LogP contribution in [0.5, 0.6) is 11.5 Å². The maximum Gasteiger partial charge on any atom is 0.488 e. The van der Waals surface area contributed by atoms with Crippen LogP contribution < -0.4 is 20.0 Å². The first kappa shape index (κ1) is 34.6. The minimum atomic E-state index is -1.79. The number of phenolic OH excluding ortho intramolecular Hbond substituents is 1. The lowest BCUT2D eigenvalue weighted by atomic mass is 9.50. The number of aromatic hydroxyl groups is 1. The van der Waals surface area contributed by atoms with Gasteiger partial charge in [-0.3, -0.25) is 24.1 Å². The molecule has 10 nitrogen and oxygen atoms in total. The molecule has 0 radical (unpaired) electrons. The molecule has 12 heteroatoms. The number of methoxy groups -OCH3 is 1. The highest BCUT2D eigenvalue weighted by atomic mass is 35.5. The van der Waals surface area contributed by atoms with E-state index in [-0.39, 0.29) is 35.5 Å². The lowest BCUT2D eigenvalue weighted by Crippen LogP contribution is -2.54. The topological polar surface area (TPSA) is 145 Å². The average molecular weight is 729 g/mol. The van der Waals surface area contributed by atoms with Crippen LogP contribution in [0.15, 0.2) is 115 Å². The van der Waals surface area contributed by atoms with Crippen LogP contribution in [-0.2, 0) is 24.6 Å². The molecule has 8 rings (SSSR count). The molecule has 2 heterocycles. The van der Waals surface area contributed by atoms with Gasteiger partial charge in [-0.2, -0.15) is 0 Å². The number of hydrogen-bond donors (Lipinski definition) is 3. The Kier molecular flexibility index (Phi) is 8.60. The van der Waals surface area contributed by atoms with Crippen LogP contribution in [0.1, 0.15) is 24.0 Å². The van der Waals surface area contributed by atoms with Crippen molar-refractivity contribution in [2.45, 2.75) is 18.3 Å². The Morgan fingerprint density at radius 3 is 2.28 bits per heavy atom. The van der Waals surface area contributed by atoms with E-state index in [0.717, 1.165) is 10.5 Å². The summed E-state index contributed by atoms with van der Waals surface area (Å²) >= 11 is 6.39. The van der Waals surface area contributed by atoms with Crippen molar-refractivity contribution in [3.05, 3.63) is 131 Å². The summed E-state index contributed by atoms with van der Waals surface area (Å²) in [6, 6.07) is 26.7. The molecule has 266 valence electrons. The third-order valence-corrected chi connectivity index (χ3v) is 11.6. The van der Waals surface area contributed by atoms with Crippen molar-refractivity contribution in [2.75, 3.05) is 16.9 Å². The quantitative estimate of drug-likeness (QED) is 0.142. The minimum absolute atomic E-state index is 0.0361. The van der Waals surface area contributed by atoms with Gasteiger partial charge in [0.25, 0.3) is 0 Å². The standard InChI is InChI=1S/C41H34BClN2O8/c1-53-35-19-23(14-18-34(35)46)13-17-32-29-15-16-30-36(39(49)44(37(30)47)27-11-5-9-25(20-27)42(51)52)31(29)22-33-38(48)45(28-12-6-10-26(43)21-28)40(50)41(32,33)24-7-3-2-4-8-24/h2-15,17-21,30-33,36,46,51-52H,16,22H2,1H3. The van der Waals surface area contributed by atoms with Crippen LogP contribution in [0.25, 0.3) is 6.08 Å². The first-order valence-electron chi connectivity index (χ1n) is 17.3. The fraction of sp³-hybridized carbons (Fsp3) is 0.220. The van der Waals surface area contributed by atoms with Crippen LogP contribution >= 0.6 is 11.6 Å². The molecule has 6 unspecified atom stereocenters. The number of carbonyl (C=O) groups excluding carboxylic acids is 4. The fourth-order valence-corrected chi connectivity index (χ4v) is 9.26. The van der Waals surface area contributed by atoms with Crippen LogP contribution in [0.3, 0.4) is 0 Å². The van der Waals surface area contributed by atoms with E-state index < -0.39 is 65.8 Å². The SMILES string of the molecule is COc1cc(C=CC2C3=CCC4C(=O)N(c5cccc(B(O)O)c5)C(=O)C4C3CC3C(=O)N(c4cccc(Cl)c4)C(=O)C23c2ccccc2)ccc1O. The van der Waals surface area contributed by atoms with Crippen molar-refractivity contribution >= 4 is 65.3 Å². The molecule has 0 aromatic heterocycles. The Balaban J connectivity index is 1.31. The monoisotopic (exact) mass is 728 g/mol. The van der Waals surface area contributed by atoms with E-state index in [2.05, 4.69) is 0 Å². The number of amides is 4. The molecule has 2 saturated heterocycles. The molecule has 0 spiro atoms. The second-order valence-electron chi connectivity index (χ2n) is 13.9. The molecule has 1 saturated carbocycles. The zero-order valence-corrected chi connectivity index (χ0v) is 29.3. The highest BCUT2D eigenvalue weighted by Gasteiger charge is 2.69. The Morgan fingerprint density at radius 2 is 1.57 bits per heavy atom. The van der Waals surface area contributed by atoms with Gasteiger partial charge >= 0.3 is 7.12 Å². The van der Waals surface area contributed by atoms with E-state index in [1.807, 2.05) is 48.6 Å². The van der Waals surface area contributed by atoms with Gasteiger partial charge < -0.3 is 19.9 Å². The zero-order valence-electron chi connectivity index (χ0n) is 28.5. The van der Waals surface area contributed by atoms with Crippen LogP contribution in [0.4, 0.5) is 11.4 Å². The van der Waals surface area contributed by atoms with Crippen molar-refractivity contribution in [2.24, 2.45) is 29.6 Å². The second kappa shape index (κ2) is 13.2. The molecule has 4 aromatic rings. The van der Waals surface area contributed by atoms with Gasteiger partial charge in [0.05, 0.1) is 41.7 Å². The summed E-state index contributed by atoms with van der Waals surface area (Å²) in [4.78, 5) is 61.0. The Bertz CT molecular complexity index is 2240. The van der Waals surface area contributed by atoms with Crippen molar-refractivity contribution in [1.29, 1.82) is 0 Å². The zero-order chi connectivity index (χ0) is 37.2. The van der Waals surface area contributed by atoms with E-state index >= 15 is 4.79 Å². The third-order valence-electron chi connectivity index (χ3n) is 11.3. The average Bonchev–Trinajstić information content (AvgIpc) is 3.55. The van der Waals surface area contributed by atoms with E-state index in [1.54, 1.807) is 48.5 Å². The number of halogens is 1. The van der Waals surface area contributed by atoms with Crippen molar-refractivity contribution in [3.63, 3.8) is 0 Å². The van der Waals surface area contributed by atoms with E-state index in [4.69, 9.17) is 16.3 Å². The van der Waals surface area contributed by atoms with Crippen molar-refractivity contribution < 1.29 is 39.1 Å². The van der Waals surface area contributed by atoms with Gasteiger partial charge in [-0.05, 0) is 77.8 Å². The summed E-state index contributed by atoms with van der Waals surface area (Å²) in [7, 11) is -0.345. The fourth-order valence-electron chi connectivity index (χ4n) is 9.07. The molecule has 3 N–H and O–H groups in total. The molecular formula is C41H34BClN2O8. The maximum atomic E-state index is 15.3. The van der Waals surface area contributed by atoms with Crippen LogP contribution in [0, 0.1) is 29.6 Å². The summed E-state index contributed by atoms with van der Waals surface area (Å²) in [6.07, 6.45) is 6.03. The highest BCUT2D eigenvalue weighted by molar-refractivity contribution is 6.58. The molecule has 2 aliphatic carbocycles. The molecule has 6 atom stereocenters. The number of nitrogens with zero attached hydrogens (tertiary/aromatic N) is 2. The van der Waals surface area contributed by atoms with E-state index in [0.29, 0.717) is 21.8 Å².